The molecule has 0 amide bonds. The number of hydrogen-bond donors (Lipinski definition) is 1. The van der Waals surface area contributed by atoms with Gasteiger partial charge in [-0.1, -0.05) is 12.1 Å². The normalized spacial score (nSPS) is 10.9. The molecule has 0 unspecified atom stereocenters. The summed E-state index contributed by atoms with van der Waals surface area (Å²) >= 11 is 1.43. The van der Waals surface area contributed by atoms with Crippen molar-refractivity contribution in [3.63, 3.8) is 0 Å². The Balaban J connectivity index is 2.18. The van der Waals surface area contributed by atoms with E-state index in [9.17, 15) is 4.39 Å². The van der Waals surface area contributed by atoms with Crippen LogP contribution in [0.15, 0.2) is 42.6 Å². The molecule has 2 nitrogen and oxygen atoms in total. The molecule has 0 saturated heterocycles. The van der Waals surface area contributed by atoms with Crippen molar-refractivity contribution in [2.75, 3.05) is 5.73 Å². The highest BCUT2D eigenvalue weighted by molar-refractivity contribution is 7.22. The average molecular weight is 244 g/mol. The van der Waals surface area contributed by atoms with Gasteiger partial charge in [-0.25, -0.2) is 9.37 Å². The molecule has 0 aliphatic carbocycles. The van der Waals surface area contributed by atoms with Crippen molar-refractivity contribution in [3.05, 3.63) is 48.4 Å². The van der Waals surface area contributed by atoms with Crippen molar-refractivity contribution in [1.82, 2.24) is 4.98 Å². The number of nitrogens with zero attached hydrogens (tertiary/aromatic N) is 1. The minimum Gasteiger partial charge on any atom is -0.384 e. The SMILES string of the molecule is Nc1ccc(-c2cc3cccc(F)c3s2)cn1. The molecule has 0 radical (unpaired) electrons. The molecule has 2 aromatic heterocycles. The molecule has 4 heteroatoms. The Hall–Kier alpha value is -1.94. The van der Waals surface area contributed by atoms with E-state index >= 15 is 0 Å². The second-order valence-corrected chi connectivity index (χ2v) is 4.79. The van der Waals surface area contributed by atoms with Gasteiger partial charge in [0.25, 0.3) is 0 Å². The summed E-state index contributed by atoms with van der Waals surface area (Å²) in [4.78, 5) is 5.04. The summed E-state index contributed by atoms with van der Waals surface area (Å²) in [5.41, 5.74) is 6.49. The van der Waals surface area contributed by atoms with Gasteiger partial charge in [0, 0.05) is 16.6 Å². The lowest BCUT2D eigenvalue weighted by atomic mass is 10.2. The number of fused-ring (bicyclic) bond motifs is 1. The van der Waals surface area contributed by atoms with Crippen LogP contribution in [0.3, 0.4) is 0 Å². The number of thiophene rings is 1. The van der Waals surface area contributed by atoms with Crippen LogP contribution < -0.4 is 5.73 Å². The zero-order valence-corrected chi connectivity index (χ0v) is 9.67. The van der Waals surface area contributed by atoms with E-state index in [-0.39, 0.29) is 5.82 Å². The molecule has 2 N–H and O–H groups in total. The number of nitrogens with two attached hydrogens (primary N) is 1. The highest BCUT2D eigenvalue weighted by atomic mass is 32.1. The van der Waals surface area contributed by atoms with Gasteiger partial charge in [-0.2, -0.15) is 0 Å². The Morgan fingerprint density at radius 3 is 2.76 bits per heavy atom. The van der Waals surface area contributed by atoms with Crippen LogP contribution in [-0.4, -0.2) is 4.98 Å². The van der Waals surface area contributed by atoms with E-state index in [1.807, 2.05) is 18.2 Å². The van der Waals surface area contributed by atoms with Crippen LogP contribution in [0.2, 0.25) is 0 Å². The van der Waals surface area contributed by atoms with E-state index in [4.69, 9.17) is 5.73 Å². The third-order valence-electron chi connectivity index (χ3n) is 2.57. The van der Waals surface area contributed by atoms with Crippen molar-refractivity contribution in [1.29, 1.82) is 0 Å². The summed E-state index contributed by atoms with van der Waals surface area (Å²) in [6.45, 7) is 0. The fraction of sp³-hybridized carbons (Fsp3) is 0. The number of benzene rings is 1. The first-order valence-electron chi connectivity index (χ1n) is 5.14. The molecule has 17 heavy (non-hydrogen) atoms. The van der Waals surface area contributed by atoms with Crippen molar-refractivity contribution in [3.8, 4) is 10.4 Å². The van der Waals surface area contributed by atoms with Gasteiger partial charge in [-0.05, 0) is 29.7 Å². The molecule has 2 heterocycles. The maximum Gasteiger partial charge on any atom is 0.141 e. The smallest absolute Gasteiger partial charge is 0.141 e. The molecular weight excluding hydrogens is 235 g/mol. The maximum atomic E-state index is 13.6. The largest absolute Gasteiger partial charge is 0.384 e. The van der Waals surface area contributed by atoms with E-state index in [1.54, 1.807) is 18.3 Å². The van der Waals surface area contributed by atoms with E-state index in [2.05, 4.69) is 4.98 Å². The van der Waals surface area contributed by atoms with Crippen LogP contribution in [0.25, 0.3) is 20.5 Å². The number of aromatic nitrogens is 1. The molecule has 1 aromatic carbocycles. The third-order valence-corrected chi connectivity index (χ3v) is 3.78. The summed E-state index contributed by atoms with van der Waals surface area (Å²) in [7, 11) is 0. The highest BCUT2D eigenvalue weighted by Gasteiger charge is 2.07. The number of rotatable bonds is 1. The average Bonchev–Trinajstić information content (AvgIpc) is 2.75. The number of hydrogen-bond acceptors (Lipinski definition) is 3. The first kappa shape index (κ1) is 10.2. The summed E-state index contributed by atoms with van der Waals surface area (Å²) in [6.07, 6.45) is 1.71. The van der Waals surface area contributed by atoms with Gasteiger partial charge in [0.2, 0.25) is 0 Å². The van der Waals surface area contributed by atoms with Gasteiger partial charge in [0.1, 0.15) is 11.6 Å². The monoisotopic (exact) mass is 244 g/mol. The first-order chi connectivity index (χ1) is 8.24. The summed E-state index contributed by atoms with van der Waals surface area (Å²) in [5.74, 6) is 0.309. The number of nitrogen functional groups attached to an aromatic ring is 1. The fourth-order valence-corrected chi connectivity index (χ4v) is 2.78. The van der Waals surface area contributed by atoms with E-state index in [0.29, 0.717) is 10.5 Å². The Morgan fingerprint density at radius 2 is 2.06 bits per heavy atom. The zero-order valence-electron chi connectivity index (χ0n) is 8.85. The predicted octanol–water partition coefficient (Wildman–Crippen LogP) is 3.68. The van der Waals surface area contributed by atoms with Crippen LogP contribution in [0.1, 0.15) is 0 Å². The molecule has 3 aromatic rings. The third kappa shape index (κ3) is 1.76. The van der Waals surface area contributed by atoms with Crippen molar-refractivity contribution < 1.29 is 4.39 Å². The first-order valence-corrected chi connectivity index (χ1v) is 5.95. The second-order valence-electron chi connectivity index (χ2n) is 3.74. The molecule has 0 aliphatic heterocycles. The fourth-order valence-electron chi connectivity index (χ4n) is 1.72. The highest BCUT2D eigenvalue weighted by Crippen LogP contribution is 2.34. The van der Waals surface area contributed by atoms with Gasteiger partial charge in [0.05, 0.1) is 4.70 Å². The minimum atomic E-state index is -0.179. The van der Waals surface area contributed by atoms with Crippen LogP contribution in [0.4, 0.5) is 10.2 Å². The quantitative estimate of drug-likeness (QED) is 0.709. The Bertz CT molecular complexity index is 673. The maximum absolute atomic E-state index is 13.6. The van der Waals surface area contributed by atoms with E-state index in [0.717, 1.165) is 15.8 Å². The van der Waals surface area contributed by atoms with Crippen molar-refractivity contribution in [2.45, 2.75) is 0 Å². The topological polar surface area (TPSA) is 38.9 Å². The van der Waals surface area contributed by atoms with Crippen LogP contribution in [0.5, 0.6) is 0 Å². The summed E-state index contributed by atoms with van der Waals surface area (Å²) < 4.78 is 14.2. The van der Waals surface area contributed by atoms with Crippen molar-refractivity contribution >= 4 is 27.2 Å². The van der Waals surface area contributed by atoms with Gasteiger partial charge in [-0.3, -0.25) is 0 Å². The summed E-state index contributed by atoms with van der Waals surface area (Å²) in [6, 6.07) is 10.7. The molecule has 0 bridgehead atoms. The Labute approximate surface area is 102 Å². The van der Waals surface area contributed by atoms with Crippen LogP contribution in [0, 0.1) is 5.82 Å². The Morgan fingerprint density at radius 1 is 1.18 bits per heavy atom. The van der Waals surface area contributed by atoms with Crippen molar-refractivity contribution in [2.24, 2.45) is 0 Å². The van der Waals surface area contributed by atoms with Crippen LogP contribution >= 0.6 is 11.3 Å². The molecule has 3 rings (SSSR count). The number of anilines is 1. The summed E-state index contributed by atoms with van der Waals surface area (Å²) in [5, 5.41) is 0.918. The van der Waals surface area contributed by atoms with Gasteiger partial charge in [0.15, 0.2) is 0 Å². The lowest BCUT2D eigenvalue weighted by Crippen LogP contribution is -1.87. The zero-order chi connectivity index (χ0) is 11.8. The lowest BCUT2D eigenvalue weighted by Gasteiger charge is -1.96. The van der Waals surface area contributed by atoms with Crippen LogP contribution in [-0.2, 0) is 0 Å². The molecule has 0 atom stereocenters. The molecular formula is C13H9FN2S. The minimum absolute atomic E-state index is 0.179. The lowest BCUT2D eigenvalue weighted by molar-refractivity contribution is 0.642. The molecule has 0 spiro atoms. The molecule has 0 aliphatic rings. The Kier molecular flexibility index (Phi) is 2.30. The standard InChI is InChI=1S/C13H9FN2S/c14-10-3-1-2-8-6-11(17-13(8)10)9-4-5-12(15)16-7-9/h1-7H,(H2,15,16). The van der Waals surface area contributed by atoms with Gasteiger partial charge < -0.3 is 5.73 Å². The van der Waals surface area contributed by atoms with Gasteiger partial charge >= 0.3 is 0 Å². The predicted molar refractivity (Wildman–Crippen MR) is 69.4 cm³/mol. The van der Waals surface area contributed by atoms with E-state index in [1.165, 1.54) is 17.4 Å². The number of halogens is 1. The second kappa shape index (κ2) is 3.82. The molecule has 0 saturated carbocycles. The molecule has 0 fully saturated rings. The number of pyridine rings is 1. The molecule has 84 valence electrons. The van der Waals surface area contributed by atoms with E-state index < -0.39 is 0 Å². The van der Waals surface area contributed by atoms with Gasteiger partial charge in [-0.15, -0.1) is 11.3 Å².